The minimum Gasteiger partial charge on any atom is -0.492 e. The number of para-hydroxylation sites is 2. The molecule has 0 aliphatic rings. The smallest absolute Gasteiger partial charge is 0.323 e. The number of anilines is 1. The van der Waals surface area contributed by atoms with Crippen molar-refractivity contribution in [1.29, 1.82) is 0 Å². The first kappa shape index (κ1) is 13.9. The van der Waals surface area contributed by atoms with Gasteiger partial charge in [0.15, 0.2) is 0 Å². The number of carboxylic acids is 1. The van der Waals surface area contributed by atoms with E-state index < -0.39 is 5.97 Å². The van der Waals surface area contributed by atoms with E-state index in [1.807, 2.05) is 60.7 Å². The molecule has 1 N–H and O–H groups in total. The van der Waals surface area contributed by atoms with Crippen molar-refractivity contribution in [2.24, 2.45) is 0 Å². The number of hydrogen-bond acceptors (Lipinski definition) is 3. The molecular weight excluding hydrogens is 254 g/mol. The second-order valence-electron chi connectivity index (χ2n) is 4.31. The molecule has 0 radical (unpaired) electrons. The van der Waals surface area contributed by atoms with Crippen molar-refractivity contribution in [3.05, 3.63) is 60.7 Å². The topological polar surface area (TPSA) is 49.8 Å². The van der Waals surface area contributed by atoms with Crippen LogP contribution in [0.4, 0.5) is 5.69 Å². The largest absolute Gasteiger partial charge is 0.492 e. The number of benzene rings is 2. The van der Waals surface area contributed by atoms with E-state index in [2.05, 4.69) is 0 Å². The van der Waals surface area contributed by atoms with Crippen LogP contribution in [0.5, 0.6) is 5.75 Å². The van der Waals surface area contributed by atoms with E-state index in [0.29, 0.717) is 13.2 Å². The number of carboxylic acid groups (broad SMARTS) is 1. The van der Waals surface area contributed by atoms with Crippen LogP contribution in [0.3, 0.4) is 0 Å². The molecule has 0 amide bonds. The van der Waals surface area contributed by atoms with Crippen molar-refractivity contribution in [2.45, 2.75) is 0 Å². The van der Waals surface area contributed by atoms with Crippen LogP contribution < -0.4 is 9.64 Å². The molecule has 20 heavy (non-hydrogen) atoms. The highest BCUT2D eigenvalue weighted by atomic mass is 16.5. The van der Waals surface area contributed by atoms with Gasteiger partial charge in [0.2, 0.25) is 0 Å². The summed E-state index contributed by atoms with van der Waals surface area (Å²) < 4.78 is 5.60. The normalized spacial score (nSPS) is 10.0. The molecule has 0 spiro atoms. The molecule has 2 rings (SSSR count). The first-order chi connectivity index (χ1) is 9.75. The minimum atomic E-state index is -0.853. The Labute approximate surface area is 118 Å². The number of rotatable bonds is 7. The van der Waals surface area contributed by atoms with E-state index in [1.165, 1.54) is 0 Å². The highest BCUT2D eigenvalue weighted by Crippen LogP contribution is 2.13. The molecule has 2 aromatic carbocycles. The summed E-state index contributed by atoms with van der Waals surface area (Å²) in [5.41, 5.74) is 0.881. The van der Waals surface area contributed by atoms with Crippen LogP contribution in [-0.4, -0.2) is 30.8 Å². The first-order valence-corrected chi connectivity index (χ1v) is 6.45. The molecule has 0 aromatic heterocycles. The SMILES string of the molecule is O=C(O)CN(CCOc1ccccc1)c1ccccc1. The zero-order valence-corrected chi connectivity index (χ0v) is 11.1. The van der Waals surface area contributed by atoms with Crippen molar-refractivity contribution < 1.29 is 14.6 Å². The Balaban J connectivity index is 1.93. The van der Waals surface area contributed by atoms with Gasteiger partial charge < -0.3 is 14.7 Å². The summed E-state index contributed by atoms with van der Waals surface area (Å²) in [6.07, 6.45) is 0. The maximum atomic E-state index is 10.9. The standard InChI is InChI=1S/C16H17NO3/c18-16(19)13-17(14-7-3-1-4-8-14)11-12-20-15-9-5-2-6-10-15/h1-10H,11-13H2,(H,18,19). The van der Waals surface area contributed by atoms with Crippen LogP contribution in [0.25, 0.3) is 0 Å². The lowest BCUT2D eigenvalue weighted by Gasteiger charge is -2.22. The van der Waals surface area contributed by atoms with Crippen LogP contribution in [0.2, 0.25) is 0 Å². The van der Waals surface area contributed by atoms with Gasteiger partial charge in [-0.3, -0.25) is 4.79 Å². The zero-order valence-electron chi connectivity index (χ0n) is 11.1. The number of hydrogen-bond donors (Lipinski definition) is 1. The molecule has 0 unspecified atom stereocenters. The maximum Gasteiger partial charge on any atom is 0.323 e. The predicted molar refractivity (Wildman–Crippen MR) is 78.2 cm³/mol. The molecule has 104 valence electrons. The van der Waals surface area contributed by atoms with Gasteiger partial charge in [0.1, 0.15) is 18.9 Å². The van der Waals surface area contributed by atoms with Gasteiger partial charge in [0.05, 0.1) is 6.54 Å². The molecule has 0 aliphatic carbocycles. The van der Waals surface area contributed by atoms with Crippen LogP contribution in [-0.2, 0) is 4.79 Å². The highest BCUT2D eigenvalue weighted by Gasteiger charge is 2.10. The van der Waals surface area contributed by atoms with E-state index in [9.17, 15) is 4.79 Å². The van der Waals surface area contributed by atoms with Gasteiger partial charge in [0.25, 0.3) is 0 Å². The van der Waals surface area contributed by atoms with Gasteiger partial charge in [-0.2, -0.15) is 0 Å². The molecule has 0 fully saturated rings. The maximum absolute atomic E-state index is 10.9. The number of carbonyl (C=O) groups is 1. The van der Waals surface area contributed by atoms with Gasteiger partial charge in [-0.1, -0.05) is 36.4 Å². The summed E-state index contributed by atoms with van der Waals surface area (Å²) in [6.45, 7) is 0.916. The minimum absolute atomic E-state index is 0.0395. The molecule has 4 nitrogen and oxygen atoms in total. The fourth-order valence-electron chi connectivity index (χ4n) is 1.89. The van der Waals surface area contributed by atoms with Crippen LogP contribution in [0, 0.1) is 0 Å². The lowest BCUT2D eigenvalue weighted by Crippen LogP contribution is -2.33. The highest BCUT2D eigenvalue weighted by molar-refractivity contribution is 5.73. The Morgan fingerprint density at radius 1 is 1.00 bits per heavy atom. The third-order valence-electron chi connectivity index (χ3n) is 2.82. The van der Waals surface area contributed by atoms with E-state index in [4.69, 9.17) is 9.84 Å². The lowest BCUT2D eigenvalue weighted by molar-refractivity contribution is -0.135. The van der Waals surface area contributed by atoms with Gasteiger partial charge in [0, 0.05) is 5.69 Å². The zero-order chi connectivity index (χ0) is 14.2. The number of aliphatic carboxylic acids is 1. The molecule has 4 heteroatoms. The second-order valence-corrected chi connectivity index (χ2v) is 4.31. The third-order valence-corrected chi connectivity index (χ3v) is 2.82. The summed E-state index contributed by atoms with van der Waals surface area (Å²) in [6, 6.07) is 19.0. The first-order valence-electron chi connectivity index (χ1n) is 6.45. The van der Waals surface area contributed by atoms with Gasteiger partial charge >= 0.3 is 5.97 Å². The van der Waals surface area contributed by atoms with Crippen molar-refractivity contribution >= 4 is 11.7 Å². The Bertz CT molecular complexity index is 528. The molecular formula is C16H17NO3. The van der Waals surface area contributed by atoms with Crippen LogP contribution in [0.15, 0.2) is 60.7 Å². The predicted octanol–water partition coefficient (Wildman–Crippen LogP) is 2.66. The quantitative estimate of drug-likeness (QED) is 0.841. The lowest BCUT2D eigenvalue weighted by atomic mass is 10.3. The van der Waals surface area contributed by atoms with E-state index in [0.717, 1.165) is 11.4 Å². The van der Waals surface area contributed by atoms with Gasteiger partial charge in [-0.25, -0.2) is 0 Å². The van der Waals surface area contributed by atoms with E-state index in [1.54, 1.807) is 4.90 Å². The van der Waals surface area contributed by atoms with E-state index >= 15 is 0 Å². The molecule has 0 saturated heterocycles. The molecule has 0 aliphatic heterocycles. The Hall–Kier alpha value is -2.49. The average molecular weight is 271 g/mol. The molecule has 2 aromatic rings. The summed E-state index contributed by atoms with van der Waals surface area (Å²) in [5.74, 6) is -0.0654. The number of nitrogens with zero attached hydrogens (tertiary/aromatic N) is 1. The van der Waals surface area contributed by atoms with Gasteiger partial charge in [-0.05, 0) is 24.3 Å². The molecule has 0 bridgehead atoms. The van der Waals surface area contributed by atoms with Crippen molar-refractivity contribution in [3.8, 4) is 5.75 Å². The van der Waals surface area contributed by atoms with E-state index in [-0.39, 0.29) is 6.54 Å². The van der Waals surface area contributed by atoms with Crippen molar-refractivity contribution in [1.82, 2.24) is 0 Å². The van der Waals surface area contributed by atoms with Gasteiger partial charge in [-0.15, -0.1) is 0 Å². The Morgan fingerprint density at radius 3 is 2.20 bits per heavy atom. The number of ether oxygens (including phenoxy) is 1. The summed E-state index contributed by atoms with van der Waals surface area (Å²) in [4.78, 5) is 12.7. The molecule has 0 heterocycles. The average Bonchev–Trinajstić information content (AvgIpc) is 2.48. The fourth-order valence-corrected chi connectivity index (χ4v) is 1.89. The van der Waals surface area contributed by atoms with Crippen LogP contribution in [0.1, 0.15) is 0 Å². The summed E-state index contributed by atoms with van der Waals surface area (Å²) in [7, 11) is 0. The molecule has 0 atom stereocenters. The summed E-state index contributed by atoms with van der Waals surface area (Å²) in [5, 5.41) is 8.98. The van der Waals surface area contributed by atoms with Crippen LogP contribution >= 0.6 is 0 Å². The Kier molecular flexibility index (Phi) is 5.00. The monoisotopic (exact) mass is 271 g/mol. The van der Waals surface area contributed by atoms with Crippen molar-refractivity contribution in [3.63, 3.8) is 0 Å². The summed E-state index contributed by atoms with van der Waals surface area (Å²) >= 11 is 0. The Morgan fingerprint density at radius 2 is 1.60 bits per heavy atom. The third kappa shape index (κ3) is 4.31. The second kappa shape index (κ2) is 7.19. The van der Waals surface area contributed by atoms with Crippen molar-refractivity contribution in [2.75, 3.05) is 24.6 Å². The fraction of sp³-hybridized carbons (Fsp3) is 0.188. The molecule has 0 saturated carbocycles.